The zero-order valence-electron chi connectivity index (χ0n) is 16.7. The average Bonchev–Trinajstić information content (AvgIpc) is 3.29. The van der Waals surface area contributed by atoms with Crippen LogP contribution in [0.5, 0.6) is 0 Å². The van der Waals surface area contributed by atoms with E-state index in [4.69, 9.17) is 9.84 Å². The number of fused-ring (bicyclic) bond motifs is 2. The van der Waals surface area contributed by atoms with Crippen LogP contribution in [-0.2, 0) is 22.6 Å². The van der Waals surface area contributed by atoms with Crippen molar-refractivity contribution >= 4 is 22.9 Å². The maximum Gasteiger partial charge on any atom is 0.260 e. The molecule has 2 aliphatic rings. The van der Waals surface area contributed by atoms with Crippen LogP contribution in [0, 0.1) is 5.82 Å². The summed E-state index contributed by atoms with van der Waals surface area (Å²) in [7, 11) is 0. The van der Waals surface area contributed by atoms with Crippen molar-refractivity contribution in [2.24, 2.45) is 0 Å². The van der Waals surface area contributed by atoms with Crippen LogP contribution in [0.1, 0.15) is 28.7 Å². The number of aliphatic hydroxyl groups excluding tert-OH is 2. The van der Waals surface area contributed by atoms with Gasteiger partial charge in [0, 0.05) is 48.6 Å². The van der Waals surface area contributed by atoms with E-state index in [1.807, 2.05) is 12.1 Å². The molecule has 3 N–H and O–H groups in total. The van der Waals surface area contributed by atoms with Crippen molar-refractivity contribution in [2.45, 2.75) is 19.4 Å². The SMILES string of the molecule is O=C1Nc2ccc(F)cc2C1=C1OCc2cc(CCN(CCO)CCCO)ccc21. The van der Waals surface area contributed by atoms with Crippen LogP contribution < -0.4 is 5.32 Å². The van der Waals surface area contributed by atoms with Crippen molar-refractivity contribution in [1.82, 2.24) is 4.90 Å². The Labute approximate surface area is 174 Å². The Morgan fingerprint density at radius 2 is 1.90 bits per heavy atom. The molecule has 0 unspecified atom stereocenters. The van der Waals surface area contributed by atoms with Gasteiger partial charge in [0.15, 0.2) is 0 Å². The molecule has 7 heteroatoms. The second-order valence-electron chi connectivity index (χ2n) is 7.52. The number of hydrogen-bond donors (Lipinski definition) is 3. The quantitative estimate of drug-likeness (QED) is 0.580. The van der Waals surface area contributed by atoms with E-state index in [1.54, 1.807) is 6.07 Å². The van der Waals surface area contributed by atoms with E-state index >= 15 is 0 Å². The fourth-order valence-corrected chi connectivity index (χ4v) is 4.00. The predicted molar refractivity (Wildman–Crippen MR) is 112 cm³/mol. The molecule has 1 amide bonds. The smallest absolute Gasteiger partial charge is 0.260 e. The van der Waals surface area contributed by atoms with Gasteiger partial charge in [-0.2, -0.15) is 0 Å². The molecule has 0 bridgehead atoms. The molecule has 6 nitrogen and oxygen atoms in total. The number of aliphatic hydroxyl groups is 2. The van der Waals surface area contributed by atoms with E-state index in [1.165, 1.54) is 12.1 Å². The number of benzene rings is 2. The first kappa shape index (κ1) is 20.5. The van der Waals surface area contributed by atoms with Crippen LogP contribution in [0.15, 0.2) is 36.4 Å². The summed E-state index contributed by atoms with van der Waals surface area (Å²) in [5.74, 6) is -0.195. The second kappa shape index (κ2) is 8.95. The molecule has 2 aromatic rings. The van der Waals surface area contributed by atoms with Gasteiger partial charge in [0.05, 0.1) is 12.2 Å². The highest BCUT2D eigenvalue weighted by molar-refractivity contribution is 6.36. The van der Waals surface area contributed by atoms with Crippen molar-refractivity contribution in [3.05, 3.63) is 64.5 Å². The molecule has 0 atom stereocenters. The molecule has 0 spiro atoms. The summed E-state index contributed by atoms with van der Waals surface area (Å²) in [5.41, 5.74) is 4.47. The van der Waals surface area contributed by atoms with Crippen LogP contribution in [0.25, 0.3) is 11.3 Å². The summed E-state index contributed by atoms with van der Waals surface area (Å²) in [4.78, 5) is 14.6. The molecular formula is C23H25FN2O4. The van der Waals surface area contributed by atoms with Gasteiger partial charge in [-0.25, -0.2) is 4.39 Å². The van der Waals surface area contributed by atoms with Crippen molar-refractivity contribution in [3.8, 4) is 0 Å². The van der Waals surface area contributed by atoms with Crippen molar-refractivity contribution < 1.29 is 24.1 Å². The van der Waals surface area contributed by atoms with Gasteiger partial charge in [-0.1, -0.05) is 18.2 Å². The third kappa shape index (κ3) is 4.09. The number of carbonyl (C=O) groups is 1. The highest BCUT2D eigenvalue weighted by Crippen LogP contribution is 2.41. The van der Waals surface area contributed by atoms with Gasteiger partial charge >= 0.3 is 0 Å². The summed E-state index contributed by atoms with van der Waals surface area (Å²) < 4.78 is 19.6. The van der Waals surface area contributed by atoms with Crippen molar-refractivity contribution in [2.75, 3.05) is 38.2 Å². The molecule has 30 heavy (non-hydrogen) atoms. The summed E-state index contributed by atoms with van der Waals surface area (Å²) >= 11 is 0. The van der Waals surface area contributed by atoms with E-state index in [2.05, 4.69) is 16.3 Å². The number of ether oxygens (including phenoxy) is 1. The Morgan fingerprint density at radius 1 is 1.03 bits per heavy atom. The Morgan fingerprint density at radius 3 is 2.70 bits per heavy atom. The highest BCUT2D eigenvalue weighted by Gasteiger charge is 2.32. The molecule has 2 aromatic carbocycles. The van der Waals surface area contributed by atoms with Gasteiger partial charge < -0.3 is 25.2 Å². The zero-order valence-corrected chi connectivity index (χ0v) is 16.7. The molecule has 0 aliphatic carbocycles. The standard InChI is InChI=1S/C23H25FN2O4/c24-17-3-5-20-19(13-17)21(23(29)25-20)22-18-4-2-15(12-16(18)14-30-22)6-8-26(9-11-28)7-1-10-27/h2-5,12-13,27-28H,1,6-11,14H2,(H,25,29). The topological polar surface area (TPSA) is 82.0 Å². The third-order valence-electron chi connectivity index (χ3n) is 5.50. The van der Waals surface area contributed by atoms with Gasteiger partial charge in [-0.05, 0) is 36.6 Å². The second-order valence-corrected chi connectivity index (χ2v) is 7.52. The molecule has 0 aromatic heterocycles. The van der Waals surface area contributed by atoms with E-state index in [-0.39, 0.29) is 19.1 Å². The molecule has 0 saturated carbocycles. The fraction of sp³-hybridized carbons (Fsp3) is 0.348. The zero-order chi connectivity index (χ0) is 21.1. The molecule has 0 fully saturated rings. The van der Waals surface area contributed by atoms with E-state index in [0.717, 1.165) is 36.2 Å². The molecular weight excluding hydrogens is 387 g/mol. The summed E-state index contributed by atoms with van der Waals surface area (Å²) in [5, 5.41) is 21.0. The normalized spacial score (nSPS) is 17.1. The van der Waals surface area contributed by atoms with Crippen LogP contribution in [0.2, 0.25) is 0 Å². The average molecular weight is 412 g/mol. The number of nitrogens with one attached hydrogen (secondary N) is 1. The van der Waals surface area contributed by atoms with Crippen LogP contribution in [-0.4, -0.2) is 53.9 Å². The monoisotopic (exact) mass is 412 g/mol. The van der Waals surface area contributed by atoms with E-state index in [0.29, 0.717) is 42.2 Å². The Kier molecular flexibility index (Phi) is 6.13. The third-order valence-corrected chi connectivity index (χ3v) is 5.50. The molecule has 4 rings (SSSR count). The first-order valence-electron chi connectivity index (χ1n) is 10.2. The minimum absolute atomic E-state index is 0.0878. The summed E-state index contributed by atoms with van der Waals surface area (Å²) in [6.07, 6.45) is 1.48. The lowest BCUT2D eigenvalue weighted by molar-refractivity contribution is -0.110. The summed E-state index contributed by atoms with van der Waals surface area (Å²) in [6, 6.07) is 10.3. The lowest BCUT2D eigenvalue weighted by Crippen LogP contribution is -2.30. The number of rotatable bonds is 8. The van der Waals surface area contributed by atoms with Crippen molar-refractivity contribution in [1.29, 1.82) is 0 Å². The van der Waals surface area contributed by atoms with Gasteiger partial charge in [0.2, 0.25) is 0 Å². The van der Waals surface area contributed by atoms with Crippen molar-refractivity contribution in [3.63, 3.8) is 0 Å². The van der Waals surface area contributed by atoms with Crippen LogP contribution in [0.3, 0.4) is 0 Å². The van der Waals surface area contributed by atoms with Gasteiger partial charge in [-0.15, -0.1) is 0 Å². The molecule has 158 valence electrons. The Bertz CT molecular complexity index is 989. The summed E-state index contributed by atoms with van der Waals surface area (Å²) in [6.45, 7) is 2.69. The molecule has 0 radical (unpaired) electrons. The van der Waals surface area contributed by atoms with Crippen LogP contribution >= 0.6 is 0 Å². The Hall–Kier alpha value is -2.74. The fourth-order valence-electron chi connectivity index (χ4n) is 4.00. The van der Waals surface area contributed by atoms with Gasteiger partial charge in [-0.3, -0.25) is 4.79 Å². The minimum atomic E-state index is -0.398. The number of carbonyl (C=O) groups excluding carboxylic acids is 1. The van der Waals surface area contributed by atoms with Gasteiger partial charge in [0.1, 0.15) is 18.2 Å². The molecule has 0 saturated heterocycles. The number of amides is 1. The minimum Gasteiger partial charge on any atom is -0.487 e. The van der Waals surface area contributed by atoms with E-state index < -0.39 is 5.82 Å². The molecule has 2 heterocycles. The number of nitrogens with zero attached hydrogens (tertiary/aromatic N) is 1. The largest absolute Gasteiger partial charge is 0.487 e. The predicted octanol–water partition coefficient (Wildman–Crippen LogP) is 2.40. The van der Waals surface area contributed by atoms with Crippen LogP contribution in [0.4, 0.5) is 10.1 Å². The maximum absolute atomic E-state index is 13.7. The number of hydrogen-bond acceptors (Lipinski definition) is 5. The number of anilines is 1. The first-order valence-corrected chi connectivity index (χ1v) is 10.2. The first-order chi connectivity index (χ1) is 14.6. The number of halogens is 1. The molecule has 2 aliphatic heterocycles. The lowest BCUT2D eigenvalue weighted by Gasteiger charge is -2.20. The highest BCUT2D eigenvalue weighted by atomic mass is 19.1. The lowest BCUT2D eigenvalue weighted by atomic mass is 9.98. The van der Waals surface area contributed by atoms with E-state index in [9.17, 15) is 14.3 Å². The maximum atomic E-state index is 13.7. The Balaban J connectivity index is 1.56. The van der Waals surface area contributed by atoms with Gasteiger partial charge in [0.25, 0.3) is 5.91 Å².